The highest BCUT2D eigenvalue weighted by Gasteiger charge is 2.22. The highest BCUT2D eigenvalue weighted by Crippen LogP contribution is 2.39. The van der Waals surface area contributed by atoms with Gasteiger partial charge < -0.3 is 10.2 Å². The van der Waals surface area contributed by atoms with Crippen molar-refractivity contribution in [1.29, 1.82) is 0 Å². The molecule has 0 spiro atoms. The van der Waals surface area contributed by atoms with Crippen LogP contribution in [0.1, 0.15) is 58.4 Å². The summed E-state index contributed by atoms with van der Waals surface area (Å²) in [7, 11) is 0. The van der Waals surface area contributed by atoms with Gasteiger partial charge in [-0.15, -0.1) is 0 Å². The van der Waals surface area contributed by atoms with Crippen LogP contribution in [0.2, 0.25) is 0 Å². The van der Waals surface area contributed by atoms with E-state index < -0.39 is 0 Å². The van der Waals surface area contributed by atoms with E-state index in [1.54, 1.807) is 12.1 Å². The number of phenolic OH excluding ortho intramolecular Hbond substituents is 2. The molecule has 0 unspecified atom stereocenters. The third-order valence-corrected chi connectivity index (χ3v) is 4.28. The van der Waals surface area contributed by atoms with Crippen LogP contribution in [0.5, 0.6) is 11.5 Å². The average molecular weight is 315 g/mol. The zero-order chi connectivity index (χ0) is 13.8. The largest absolute Gasteiger partial charge is 0.507 e. The molecule has 1 aromatic rings. The normalized spacial score (nSPS) is 11.8. The third kappa shape index (κ3) is 3.91. The Morgan fingerprint density at radius 1 is 1.06 bits per heavy atom. The molecule has 2 N–H and O–H groups in total. The molecule has 0 aliphatic rings. The van der Waals surface area contributed by atoms with Crippen molar-refractivity contribution in [3.8, 4) is 11.5 Å². The summed E-state index contributed by atoms with van der Waals surface area (Å²) < 4.78 is 0.369. The Morgan fingerprint density at radius 2 is 1.61 bits per heavy atom. The van der Waals surface area contributed by atoms with Crippen molar-refractivity contribution in [2.24, 2.45) is 0 Å². The Hall–Kier alpha value is -0.700. The lowest BCUT2D eigenvalue weighted by Crippen LogP contribution is -2.16. The fraction of sp³-hybridized carbons (Fsp3) is 0.600. The Labute approximate surface area is 118 Å². The van der Waals surface area contributed by atoms with Crippen molar-refractivity contribution in [3.05, 3.63) is 22.2 Å². The third-order valence-electron chi connectivity index (χ3n) is 3.47. The molecule has 0 saturated carbocycles. The molecule has 0 bridgehead atoms. The first kappa shape index (κ1) is 15.4. The maximum absolute atomic E-state index is 9.75. The van der Waals surface area contributed by atoms with Crippen molar-refractivity contribution in [2.75, 3.05) is 0 Å². The minimum atomic E-state index is -0.0244. The molecule has 0 aliphatic heterocycles. The van der Waals surface area contributed by atoms with Gasteiger partial charge >= 0.3 is 0 Å². The first-order valence-electron chi connectivity index (χ1n) is 6.60. The average Bonchev–Trinajstić information content (AvgIpc) is 2.31. The predicted molar refractivity (Wildman–Crippen MR) is 79.3 cm³/mol. The lowest BCUT2D eigenvalue weighted by atomic mass is 9.80. The van der Waals surface area contributed by atoms with Crippen LogP contribution in [-0.4, -0.2) is 10.2 Å². The quantitative estimate of drug-likeness (QED) is 0.716. The number of halogens is 1. The number of hydrogen-bond acceptors (Lipinski definition) is 2. The number of rotatable bonds is 6. The second-order valence-corrected chi connectivity index (χ2v) is 6.32. The summed E-state index contributed by atoms with van der Waals surface area (Å²) in [5.41, 5.74) is 0.959. The SMILES string of the molecule is CCCCCCC(C)(C)c1cc(O)c(Br)c(O)c1. The summed E-state index contributed by atoms with van der Waals surface area (Å²) >= 11 is 3.15. The molecule has 0 aromatic heterocycles. The molecule has 3 heteroatoms. The van der Waals surface area contributed by atoms with Crippen molar-refractivity contribution in [3.63, 3.8) is 0 Å². The summed E-state index contributed by atoms with van der Waals surface area (Å²) in [6.45, 7) is 6.51. The lowest BCUT2D eigenvalue weighted by Gasteiger charge is -2.26. The molecule has 0 aliphatic carbocycles. The van der Waals surface area contributed by atoms with Gasteiger partial charge in [0.2, 0.25) is 0 Å². The van der Waals surface area contributed by atoms with Gasteiger partial charge in [-0.1, -0.05) is 46.5 Å². The highest BCUT2D eigenvalue weighted by atomic mass is 79.9. The van der Waals surface area contributed by atoms with Gasteiger partial charge in [0.25, 0.3) is 0 Å². The number of benzene rings is 1. The standard InChI is InChI=1S/C15H23BrO2/c1-4-5-6-7-8-15(2,3)11-9-12(17)14(16)13(18)10-11/h9-10,17-18H,4-8H2,1-3H3. The van der Waals surface area contributed by atoms with Crippen LogP contribution >= 0.6 is 15.9 Å². The zero-order valence-corrected chi connectivity index (χ0v) is 13.0. The number of phenols is 2. The van der Waals surface area contributed by atoms with Crippen molar-refractivity contribution in [2.45, 2.75) is 58.3 Å². The molecule has 18 heavy (non-hydrogen) atoms. The lowest BCUT2D eigenvalue weighted by molar-refractivity contribution is 0.420. The summed E-state index contributed by atoms with van der Waals surface area (Å²) in [6.07, 6.45) is 5.99. The number of unbranched alkanes of at least 4 members (excludes halogenated alkanes) is 3. The summed E-state index contributed by atoms with van der Waals surface area (Å²) in [4.78, 5) is 0. The fourth-order valence-electron chi connectivity index (χ4n) is 2.12. The molecular weight excluding hydrogens is 292 g/mol. The van der Waals surface area contributed by atoms with E-state index in [2.05, 4.69) is 36.7 Å². The first-order valence-corrected chi connectivity index (χ1v) is 7.39. The Kier molecular flexibility index (Phi) is 5.51. The predicted octanol–water partition coefficient (Wildman–Crippen LogP) is 5.11. The van der Waals surface area contributed by atoms with Crippen LogP contribution < -0.4 is 0 Å². The molecule has 0 saturated heterocycles. The second-order valence-electron chi connectivity index (χ2n) is 5.52. The molecule has 0 fully saturated rings. The van der Waals surface area contributed by atoms with E-state index >= 15 is 0 Å². The van der Waals surface area contributed by atoms with Gasteiger partial charge in [0, 0.05) is 0 Å². The van der Waals surface area contributed by atoms with E-state index in [0.29, 0.717) is 4.47 Å². The molecular formula is C15H23BrO2. The van der Waals surface area contributed by atoms with Crippen molar-refractivity contribution < 1.29 is 10.2 Å². The molecule has 0 heterocycles. The minimum Gasteiger partial charge on any atom is -0.507 e. The Bertz CT molecular complexity index is 376. The highest BCUT2D eigenvalue weighted by molar-refractivity contribution is 9.10. The van der Waals surface area contributed by atoms with E-state index in [0.717, 1.165) is 12.0 Å². The van der Waals surface area contributed by atoms with E-state index in [1.807, 2.05) is 0 Å². The Balaban J connectivity index is 2.78. The zero-order valence-electron chi connectivity index (χ0n) is 11.5. The van der Waals surface area contributed by atoms with Gasteiger partial charge in [0.05, 0.1) is 0 Å². The van der Waals surface area contributed by atoms with Gasteiger partial charge in [0.15, 0.2) is 0 Å². The summed E-state index contributed by atoms with van der Waals surface area (Å²) in [5.74, 6) is 0.207. The van der Waals surface area contributed by atoms with Crippen LogP contribution in [0.3, 0.4) is 0 Å². The first-order chi connectivity index (χ1) is 8.38. The van der Waals surface area contributed by atoms with E-state index in [-0.39, 0.29) is 16.9 Å². The monoisotopic (exact) mass is 314 g/mol. The maximum Gasteiger partial charge on any atom is 0.133 e. The minimum absolute atomic E-state index is 0.0244. The van der Waals surface area contributed by atoms with Gasteiger partial charge in [-0.05, 0) is 45.5 Å². The Morgan fingerprint density at radius 3 is 2.11 bits per heavy atom. The van der Waals surface area contributed by atoms with Gasteiger partial charge in [-0.2, -0.15) is 0 Å². The molecule has 0 radical (unpaired) electrons. The van der Waals surface area contributed by atoms with Crippen molar-refractivity contribution >= 4 is 15.9 Å². The van der Waals surface area contributed by atoms with Crippen LogP contribution in [0.15, 0.2) is 16.6 Å². The van der Waals surface area contributed by atoms with Crippen LogP contribution in [-0.2, 0) is 5.41 Å². The molecule has 102 valence electrons. The molecule has 2 nitrogen and oxygen atoms in total. The topological polar surface area (TPSA) is 40.5 Å². The van der Waals surface area contributed by atoms with E-state index in [1.165, 1.54) is 25.7 Å². The smallest absolute Gasteiger partial charge is 0.133 e. The number of aromatic hydroxyl groups is 2. The van der Waals surface area contributed by atoms with Gasteiger partial charge in [-0.3, -0.25) is 0 Å². The summed E-state index contributed by atoms with van der Waals surface area (Å²) in [5, 5.41) is 19.5. The fourth-order valence-corrected chi connectivity index (χ4v) is 2.35. The second kappa shape index (κ2) is 6.46. The van der Waals surface area contributed by atoms with Crippen LogP contribution in [0.25, 0.3) is 0 Å². The van der Waals surface area contributed by atoms with Crippen LogP contribution in [0.4, 0.5) is 0 Å². The molecule has 1 rings (SSSR count). The van der Waals surface area contributed by atoms with E-state index in [9.17, 15) is 10.2 Å². The van der Waals surface area contributed by atoms with Crippen molar-refractivity contribution in [1.82, 2.24) is 0 Å². The maximum atomic E-state index is 9.75. The number of hydrogen-bond donors (Lipinski definition) is 2. The molecule has 0 atom stereocenters. The van der Waals surface area contributed by atoms with Crippen LogP contribution in [0, 0.1) is 0 Å². The summed E-state index contributed by atoms with van der Waals surface area (Å²) in [6, 6.07) is 3.48. The molecule has 1 aromatic carbocycles. The van der Waals surface area contributed by atoms with E-state index in [4.69, 9.17) is 0 Å². The van der Waals surface area contributed by atoms with Gasteiger partial charge in [0.1, 0.15) is 16.0 Å². The molecule has 0 amide bonds. The van der Waals surface area contributed by atoms with Gasteiger partial charge in [-0.25, -0.2) is 0 Å².